The average Bonchev–Trinajstić information content (AvgIpc) is 2.48. The zero-order valence-electron chi connectivity index (χ0n) is 11.5. The van der Waals surface area contributed by atoms with Gasteiger partial charge in [0.25, 0.3) is 0 Å². The highest BCUT2D eigenvalue weighted by Crippen LogP contribution is 2.36. The van der Waals surface area contributed by atoms with Crippen molar-refractivity contribution >= 4 is 22.5 Å². The molecular formula is C17H12ClF2N. The van der Waals surface area contributed by atoms with Crippen molar-refractivity contribution in [3.63, 3.8) is 0 Å². The molecule has 1 nitrogen and oxygen atoms in total. The van der Waals surface area contributed by atoms with Gasteiger partial charge in [-0.3, -0.25) is 0 Å². The summed E-state index contributed by atoms with van der Waals surface area (Å²) in [5.41, 5.74) is 2.21. The normalized spacial score (nSPS) is 11.1. The lowest BCUT2D eigenvalue weighted by molar-refractivity contribution is 0.608. The van der Waals surface area contributed by atoms with Crippen LogP contribution in [0.1, 0.15) is 11.1 Å². The molecule has 0 unspecified atom stereocenters. The van der Waals surface area contributed by atoms with Crippen molar-refractivity contribution in [2.24, 2.45) is 0 Å². The third-order valence-corrected chi connectivity index (χ3v) is 4.02. The number of hydrogen-bond donors (Lipinski definition) is 0. The van der Waals surface area contributed by atoms with E-state index in [1.54, 1.807) is 6.92 Å². The second kappa shape index (κ2) is 5.08. The summed E-state index contributed by atoms with van der Waals surface area (Å²) in [7, 11) is 0. The van der Waals surface area contributed by atoms with Crippen molar-refractivity contribution in [2.75, 3.05) is 0 Å². The molecule has 106 valence electrons. The summed E-state index contributed by atoms with van der Waals surface area (Å²) in [6, 6.07) is 10.5. The van der Waals surface area contributed by atoms with Crippen molar-refractivity contribution < 1.29 is 8.78 Å². The maximum atomic E-state index is 14.3. The fourth-order valence-electron chi connectivity index (χ4n) is 2.42. The molecule has 0 fully saturated rings. The van der Waals surface area contributed by atoms with Crippen LogP contribution in [0.2, 0.25) is 5.02 Å². The van der Waals surface area contributed by atoms with E-state index in [1.807, 2.05) is 30.3 Å². The predicted molar refractivity (Wildman–Crippen MR) is 81.6 cm³/mol. The van der Waals surface area contributed by atoms with E-state index in [-0.39, 0.29) is 21.5 Å². The number of aromatic nitrogens is 1. The molecular weight excluding hydrogens is 292 g/mol. The maximum absolute atomic E-state index is 14.3. The fraction of sp³-hybridized carbons (Fsp3) is 0.118. The largest absolute Gasteiger partial charge is 0.244 e. The van der Waals surface area contributed by atoms with E-state index in [2.05, 4.69) is 4.98 Å². The number of halogens is 3. The van der Waals surface area contributed by atoms with Crippen LogP contribution in [0.25, 0.3) is 22.2 Å². The number of rotatable bonds is 1. The monoisotopic (exact) mass is 303 g/mol. The van der Waals surface area contributed by atoms with Crippen LogP contribution in [0.5, 0.6) is 0 Å². The number of nitrogens with zero attached hydrogens (tertiary/aromatic N) is 1. The van der Waals surface area contributed by atoms with Gasteiger partial charge in [0.05, 0.1) is 16.1 Å². The highest BCUT2D eigenvalue weighted by Gasteiger charge is 2.19. The molecule has 2 aromatic carbocycles. The van der Waals surface area contributed by atoms with E-state index >= 15 is 0 Å². The second-order valence-corrected chi connectivity index (χ2v) is 5.36. The lowest BCUT2D eigenvalue weighted by atomic mass is 10.0. The van der Waals surface area contributed by atoms with Crippen molar-refractivity contribution in [2.45, 2.75) is 13.8 Å². The molecule has 0 aliphatic carbocycles. The Balaban J connectivity index is 2.44. The maximum Gasteiger partial charge on any atom is 0.149 e. The Kier molecular flexibility index (Phi) is 3.38. The third kappa shape index (κ3) is 2.18. The van der Waals surface area contributed by atoms with Crippen molar-refractivity contribution in [1.29, 1.82) is 0 Å². The SMILES string of the molecule is Cc1cc(F)c2nc(-c3ccccc3)c(C)c(Cl)c2c1F. The summed E-state index contributed by atoms with van der Waals surface area (Å²) < 4.78 is 28.4. The Hall–Kier alpha value is -2.00. The lowest BCUT2D eigenvalue weighted by Gasteiger charge is -2.12. The smallest absolute Gasteiger partial charge is 0.149 e. The van der Waals surface area contributed by atoms with E-state index in [0.29, 0.717) is 11.3 Å². The van der Waals surface area contributed by atoms with Crippen LogP contribution < -0.4 is 0 Å². The molecule has 0 spiro atoms. The number of hydrogen-bond acceptors (Lipinski definition) is 1. The van der Waals surface area contributed by atoms with Gasteiger partial charge < -0.3 is 0 Å². The minimum atomic E-state index is -0.567. The molecule has 4 heteroatoms. The first-order chi connectivity index (χ1) is 10.0. The molecule has 0 aliphatic rings. The second-order valence-electron chi connectivity index (χ2n) is 4.98. The van der Waals surface area contributed by atoms with E-state index in [1.165, 1.54) is 6.92 Å². The average molecular weight is 304 g/mol. The van der Waals surface area contributed by atoms with E-state index in [0.717, 1.165) is 11.6 Å². The number of benzene rings is 2. The quantitative estimate of drug-likeness (QED) is 0.582. The Bertz CT molecular complexity index is 845. The van der Waals surface area contributed by atoms with Gasteiger partial charge in [0, 0.05) is 5.56 Å². The standard InChI is InChI=1S/C17H12ClF2N/c1-9-8-12(19)17-13(15(9)20)14(18)10(2)16(21-17)11-6-4-3-5-7-11/h3-8H,1-2H3. The van der Waals surface area contributed by atoms with Gasteiger partial charge in [-0.25, -0.2) is 13.8 Å². The van der Waals surface area contributed by atoms with Crippen molar-refractivity contribution in [3.05, 3.63) is 64.2 Å². The highest BCUT2D eigenvalue weighted by atomic mass is 35.5. The fourth-order valence-corrected chi connectivity index (χ4v) is 2.68. The Morgan fingerprint density at radius 2 is 1.71 bits per heavy atom. The molecule has 0 aliphatic heterocycles. The first-order valence-electron chi connectivity index (χ1n) is 6.50. The first-order valence-corrected chi connectivity index (χ1v) is 6.88. The molecule has 0 saturated heterocycles. The molecule has 0 N–H and O–H groups in total. The summed E-state index contributed by atoms with van der Waals surface area (Å²) in [5.74, 6) is -1.09. The topological polar surface area (TPSA) is 12.9 Å². The summed E-state index contributed by atoms with van der Waals surface area (Å²) >= 11 is 6.28. The molecule has 0 radical (unpaired) electrons. The number of fused-ring (bicyclic) bond motifs is 1. The minimum absolute atomic E-state index is 0.0347. The van der Waals surface area contributed by atoms with Crippen molar-refractivity contribution in [1.82, 2.24) is 4.98 Å². The lowest BCUT2D eigenvalue weighted by Crippen LogP contribution is -1.98. The Labute approximate surface area is 126 Å². The van der Waals surface area contributed by atoms with E-state index in [4.69, 9.17) is 11.6 Å². The molecule has 0 atom stereocenters. The molecule has 0 bridgehead atoms. The molecule has 1 heterocycles. The molecule has 0 saturated carbocycles. The Morgan fingerprint density at radius 1 is 1.05 bits per heavy atom. The van der Waals surface area contributed by atoms with Crippen LogP contribution in [0.3, 0.4) is 0 Å². The van der Waals surface area contributed by atoms with Crippen LogP contribution in [0.4, 0.5) is 8.78 Å². The number of aryl methyl sites for hydroxylation is 1. The third-order valence-electron chi connectivity index (χ3n) is 3.55. The molecule has 3 rings (SSSR count). The van der Waals surface area contributed by atoms with Gasteiger partial charge in [-0.15, -0.1) is 0 Å². The van der Waals surface area contributed by atoms with Gasteiger partial charge in [-0.2, -0.15) is 0 Å². The predicted octanol–water partition coefficient (Wildman–Crippen LogP) is 5.45. The highest BCUT2D eigenvalue weighted by molar-refractivity contribution is 6.36. The summed E-state index contributed by atoms with van der Waals surface area (Å²) in [6.07, 6.45) is 0. The molecule has 0 amide bonds. The summed E-state index contributed by atoms with van der Waals surface area (Å²) in [6.45, 7) is 3.27. The minimum Gasteiger partial charge on any atom is -0.244 e. The van der Waals surface area contributed by atoms with E-state index in [9.17, 15) is 8.78 Å². The molecule has 21 heavy (non-hydrogen) atoms. The van der Waals surface area contributed by atoms with Gasteiger partial charge >= 0.3 is 0 Å². The Morgan fingerprint density at radius 3 is 2.38 bits per heavy atom. The van der Waals surface area contributed by atoms with Gasteiger partial charge in [0.2, 0.25) is 0 Å². The molecule has 3 aromatic rings. The summed E-state index contributed by atoms with van der Waals surface area (Å²) in [4.78, 5) is 4.31. The van der Waals surface area contributed by atoms with Crippen LogP contribution in [0.15, 0.2) is 36.4 Å². The summed E-state index contributed by atoms with van der Waals surface area (Å²) in [5, 5.41) is 0.255. The molecule has 1 aromatic heterocycles. The van der Waals surface area contributed by atoms with Crippen LogP contribution in [-0.2, 0) is 0 Å². The van der Waals surface area contributed by atoms with Crippen molar-refractivity contribution in [3.8, 4) is 11.3 Å². The van der Waals surface area contributed by atoms with E-state index < -0.39 is 11.6 Å². The van der Waals surface area contributed by atoms with Crippen LogP contribution in [0, 0.1) is 25.5 Å². The van der Waals surface area contributed by atoms with Crippen LogP contribution >= 0.6 is 11.6 Å². The van der Waals surface area contributed by atoms with Gasteiger partial charge in [0.15, 0.2) is 0 Å². The zero-order chi connectivity index (χ0) is 15.1. The number of pyridine rings is 1. The first kappa shape index (κ1) is 14.0. The van der Waals surface area contributed by atoms with Gasteiger partial charge in [-0.1, -0.05) is 41.9 Å². The van der Waals surface area contributed by atoms with Gasteiger partial charge in [0.1, 0.15) is 17.2 Å². The van der Waals surface area contributed by atoms with Gasteiger partial charge in [-0.05, 0) is 31.0 Å². The van der Waals surface area contributed by atoms with Crippen LogP contribution in [-0.4, -0.2) is 4.98 Å². The zero-order valence-corrected chi connectivity index (χ0v) is 12.3.